The summed E-state index contributed by atoms with van der Waals surface area (Å²) in [7, 11) is -4.90. The Hall–Kier alpha value is -0.0500. The van der Waals surface area contributed by atoms with Gasteiger partial charge in [0.2, 0.25) is 0 Å². The monoisotopic (exact) mass is 244 g/mol. The highest BCUT2D eigenvalue weighted by Gasteiger charge is 2.45. The highest BCUT2D eigenvalue weighted by Crippen LogP contribution is 2.41. The van der Waals surface area contributed by atoms with Gasteiger partial charge in [-0.2, -0.15) is 0 Å². The van der Waals surface area contributed by atoms with Crippen LogP contribution in [0.1, 0.15) is 6.42 Å². The van der Waals surface area contributed by atoms with Gasteiger partial charge in [0.15, 0.2) is 0 Å². The lowest BCUT2D eigenvalue weighted by Crippen LogP contribution is -2.56. The van der Waals surface area contributed by atoms with E-state index in [1.165, 1.54) is 0 Å². The molecular formula is C6H13O8P. The Morgan fingerprint density at radius 1 is 1.00 bits per heavy atom. The molecule has 0 spiro atoms. The van der Waals surface area contributed by atoms with Crippen LogP contribution in [0.5, 0.6) is 0 Å². The molecule has 1 aliphatic rings. The first-order chi connectivity index (χ1) is 6.72. The van der Waals surface area contributed by atoms with Crippen LogP contribution >= 0.6 is 7.82 Å². The summed E-state index contributed by atoms with van der Waals surface area (Å²) in [4.78, 5) is 17.0. The number of rotatable bonds is 2. The first-order valence-electron chi connectivity index (χ1n) is 4.18. The number of hydrogen-bond acceptors (Lipinski definition) is 6. The number of phosphoric ester groups is 1. The molecule has 0 aromatic rings. The van der Waals surface area contributed by atoms with Crippen LogP contribution in [-0.2, 0) is 9.09 Å². The second-order valence-electron chi connectivity index (χ2n) is 3.41. The number of aliphatic hydroxyl groups is 4. The third-order valence-electron chi connectivity index (χ3n) is 2.20. The first kappa shape index (κ1) is 13.0. The topological polar surface area (TPSA) is 148 Å². The minimum absolute atomic E-state index is 0.288. The maximum atomic E-state index is 10.5. The van der Waals surface area contributed by atoms with Gasteiger partial charge in [0.05, 0.1) is 12.2 Å². The van der Waals surface area contributed by atoms with Gasteiger partial charge in [-0.05, 0) is 0 Å². The highest BCUT2D eigenvalue weighted by atomic mass is 31.2. The van der Waals surface area contributed by atoms with Crippen molar-refractivity contribution in [1.29, 1.82) is 0 Å². The molecule has 0 aliphatic heterocycles. The Kier molecular flexibility index (Phi) is 3.85. The Labute approximate surface area is 85.0 Å². The van der Waals surface area contributed by atoms with Gasteiger partial charge in [-0.3, -0.25) is 4.52 Å². The van der Waals surface area contributed by atoms with E-state index < -0.39 is 38.3 Å². The van der Waals surface area contributed by atoms with Crippen molar-refractivity contribution in [3.05, 3.63) is 0 Å². The maximum absolute atomic E-state index is 10.5. The lowest BCUT2D eigenvalue weighted by Gasteiger charge is -2.38. The molecule has 90 valence electrons. The molecule has 1 saturated carbocycles. The summed E-state index contributed by atoms with van der Waals surface area (Å²) in [5, 5.41) is 37.0. The van der Waals surface area contributed by atoms with Crippen LogP contribution in [0.4, 0.5) is 0 Å². The Bertz CT molecular complexity index is 250. The largest absolute Gasteiger partial charge is 0.470 e. The second kappa shape index (κ2) is 4.44. The molecule has 6 N–H and O–H groups in total. The summed E-state index contributed by atoms with van der Waals surface area (Å²) in [6.45, 7) is 0. The second-order valence-corrected chi connectivity index (χ2v) is 4.60. The molecule has 15 heavy (non-hydrogen) atoms. The molecule has 0 bridgehead atoms. The standard InChI is InChI=1S/C6H13O8P/c7-2-1-3(8)5(10)6(4(2)9)14-15(11,12)13/h2-10H,1H2,(H2,11,12,13)/t2-,3+,4-,5-,6?/m0/s1. The van der Waals surface area contributed by atoms with Gasteiger partial charge in [0.1, 0.15) is 18.3 Å². The molecule has 1 rings (SSSR count). The maximum Gasteiger partial charge on any atom is 0.470 e. The molecule has 0 aromatic carbocycles. The molecule has 9 heteroatoms. The Morgan fingerprint density at radius 3 is 1.73 bits per heavy atom. The molecular weight excluding hydrogens is 231 g/mol. The third kappa shape index (κ3) is 3.20. The van der Waals surface area contributed by atoms with Gasteiger partial charge in [-0.1, -0.05) is 0 Å². The van der Waals surface area contributed by atoms with Crippen LogP contribution in [0.25, 0.3) is 0 Å². The molecule has 1 aliphatic carbocycles. The molecule has 5 atom stereocenters. The van der Waals surface area contributed by atoms with Crippen molar-refractivity contribution in [1.82, 2.24) is 0 Å². The van der Waals surface area contributed by atoms with Gasteiger partial charge in [-0.15, -0.1) is 0 Å². The van der Waals surface area contributed by atoms with Crippen molar-refractivity contribution < 1.29 is 39.3 Å². The fourth-order valence-corrected chi connectivity index (χ4v) is 2.02. The van der Waals surface area contributed by atoms with Gasteiger partial charge in [-0.25, -0.2) is 4.57 Å². The van der Waals surface area contributed by atoms with E-state index in [9.17, 15) is 25.0 Å². The molecule has 0 aromatic heterocycles. The summed E-state index contributed by atoms with van der Waals surface area (Å²) in [5.41, 5.74) is 0. The predicted octanol–water partition coefficient (Wildman–Crippen LogP) is -2.69. The van der Waals surface area contributed by atoms with Crippen molar-refractivity contribution in [2.24, 2.45) is 0 Å². The van der Waals surface area contributed by atoms with Crippen molar-refractivity contribution >= 4 is 7.82 Å². The van der Waals surface area contributed by atoms with Crippen LogP contribution in [0.2, 0.25) is 0 Å². The fourth-order valence-electron chi connectivity index (χ4n) is 1.45. The minimum atomic E-state index is -4.90. The number of phosphoric acid groups is 1. The van der Waals surface area contributed by atoms with E-state index in [1.807, 2.05) is 0 Å². The average molecular weight is 244 g/mol. The highest BCUT2D eigenvalue weighted by molar-refractivity contribution is 7.46. The molecule has 0 radical (unpaired) electrons. The summed E-state index contributed by atoms with van der Waals surface area (Å²) >= 11 is 0. The molecule has 0 heterocycles. The van der Waals surface area contributed by atoms with Crippen molar-refractivity contribution in [2.45, 2.75) is 36.9 Å². The molecule has 1 fully saturated rings. The van der Waals surface area contributed by atoms with E-state index in [0.29, 0.717) is 0 Å². The molecule has 0 amide bonds. The van der Waals surface area contributed by atoms with Crippen LogP contribution in [0.3, 0.4) is 0 Å². The zero-order valence-corrected chi connectivity index (χ0v) is 8.44. The SMILES string of the molecule is O=P(O)(O)OC1[C@@H](O)[C@H](O)C[C@H](O)[C@@H]1O. The minimum Gasteiger partial charge on any atom is -0.390 e. The Morgan fingerprint density at radius 2 is 1.40 bits per heavy atom. The van der Waals surface area contributed by atoms with Crippen molar-refractivity contribution in [3.63, 3.8) is 0 Å². The lowest BCUT2D eigenvalue weighted by molar-refractivity contribution is -0.171. The predicted molar refractivity (Wildman–Crippen MR) is 45.6 cm³/mol. The molecule has 1 unspecified atom stereocenters. The summed E-state index contributed by atoms with van der Waals surface area (Å²) in [6, 6.07) is 0. The Balaban J connectivity index is 2.78. The van der Waals surface area contributed by atoms with E-state index in [0.717, 1.165) is 0 Å². The van der Waals surface area contributed by atoms with Crippen LogP contribution < -0.4 is 0 Å². The molecule has 8 nitrogen and oxygen atoms in total. The van der Waals surface area contributed by atoms with Crippen LogP contribution in [-0.4, -0.2) is 60.7 Å². The van der Waals surface area contributed by atoms with Crippen molar-refractivity contribution in [3.8, 4) is 0 Å². The smallest absolute Gasteiger partial charge is 0.390 e. The van der Waals surface area contributed by atoms with Gasteiger partial charge in [0.25, 0.3) is 0 Å². The van der Waals surface area contributed by atoms with E-state index in [1.54, 1.807) is 0 Å². The van der Waals surface area contributed by atoms with Gasteiger partial charge in [0, 0.05) is 6.42 Å². The summed E-state index contributed by atoms with van der Waals surface area (Å²) in [6.07, 6.45) is -8.12. The van der Waals surface area contributed by atoms with Gasteiger partial charge < -0.3 is 30.2 Å². The summed E-state index contributed by atoms with van der Waals surface area (Å²) in [5.74, 6) is 0. The van der Waals surface area contributed by atoms with E-state index in [2.05, 4.69) is 4.52 Å². The zero-order valence-electron chi connectivity index (χ0n) is 7.54. The van der Waals surface area contributed by atoms with E-state index in [-0.39, 0.29) is 6.42 Å². The third-order valence-corrected chi connectivity index (χ3v) is 2.72. The number of aliphatic hydroxyl groups excluding tert-OH is 4. The summed E-state index contributed by atoms with van der Waals surface area (Å²) < 4.78 is 14.6. The average Bonchev–Trinajstić information content (AvgIpc) is 2.08. The van der Waals surface area contributed by atoms with Gasteiger partial charge >= 0.3 is 7.82 Å². The zero-order chi connectivity index (χ0) is 11.8. The quantitative estimate of drug-likeness (QED) is 0.288. The lowest BCUT2D eigenvalue weighted by atomic mass is 9.87. The fraction of sp³-hybridized carbons (Fsp3) is 1.00. The first-order valence-corrected chi connectivity index (χ1v) is 5.71. The van der Waals surface area contributed by atoms with E-state index in [4.69, 9.17) is 9.79 Å². The molecule has 0 saturated heterocycles. The van der Waals surface area contributed by atoms with E-state index >= 15 is 0 Å². The normalized spacial score (nSPS) is 42.9. The van der Waals surface area contributed by atoms with Crippen LogP contribution in [0, 0.1) is 0 Å². The van der Waals surface area contributed by atoms with Crippen molar-refractivity contribution in [2.75, 3.05) is 0 Å². The number of hydrogen-bond donors (Lipinski definition) is 6. The van der Waals surface area contributed by atoms with Crippen LogP contribution in [0.15, 0.2) is 0 Å².